The predicted molar refractivity (Wildman–Crippen MR) is 88.2 cm³/mol. The molecule has 3 nitrogen and oxygen atoms in total. The molecular formula is C18H19ClN2O. The second-order valence-corrected chi connectivity index (χ2v) is 6.24. The van der Waals surface area contributed by atoms with Crippen LogP contribution in [-0.4, -0.2) is 17.4 Å². The normalized spacial score (nSPS) is 16.4. The maximum absolute atomic E-state index is 12.4. The summed E-state index contributed by atoms with van der Waals surface area (Å²) in [4.78, 5) is 16.3. The van der Waals surface area contributed by atoms with E-state index in [4.69, 9.17) is 11.6 Å². The van der Waals surface area contributed by atoms with Gasteiger partial charge in [-0.05, 0) is 30.5 Å². The van der Waals surface area contributed by atoms with Crippen LogP contribution in [0.2, 0.25) is 5.15 Å². The minimum atomic E-state index is -0.152. The SMILES string of the molecule is O=C(NCC1(c2ccccc2)CCCC1)c1cccnc1Cl. The lowest BCUT2D eigenvalue weighted by Crippen LogP contribution is -2.39. The molecule has 22 heavy (non-hydrogen) atoms. The minimum absolute atomic E-state index is 0.0472. The third-order valence-corrected chi connectivity index (χ3v) is 4.84. The molecule has 4 heteroatoms. The zero-order valence-corrected chi connectivity index (χ0v) is 13.1. The lowest BCUT2D eigenvalue weighted by Gasteiger charge is -2.30. The molecule has 1 heterocycles. The summed E-state index contributed by atoms with van der Waals surface area (Å²) in [6.07, 6.45) is 6.22. The topological polar surface area (TPSA) is 42.0 Å². The van der Waals surface area contributed by atoms with Crippen LogP contribution in [0, 0.1) is 0 Å². The molecule has 1 fully saturated rings. The molecule has 1 N–H and O–H groups in total. The molecule has 0 spiro atoms. The maximum atomic E-state index is 12.4. The Morgan fingerprint density at radius 2 is 1.86 bits per heavy atom. The van der Waals surface area contributed by atoms with E-state index in [-0.39, 0.29) is 16.5 Å². The molecule has 1 aromatic carbocycles. The molecule has 0 radical (unpaired) electrons. The third-order valence-electron chi connectivity index (χ3n) is 4.54. The smallest absolute Gasteiger partial charge is 0.254 e. The van der Waals surface area contributed by atoms with Crippen molar-refractivity contribution in [1.29, 1.82) is 0 Å². The van der Waals surface area contributed by atoms with Crippen LogP contribution in [0.25, 0.3) is 0 Å². The van der Waals surface area contributed by atoms with Crippen LogP contribution >= 0.6 is 11.6 Å². The first-order chi connectivity index (χ1) is 10.7. The van der Waals surface area contributed by atoms with E-state index in [1.165, 1.54) is 18.4 Å². The molecule has 0 saturated heterocycles. The van der Waals surface area contributed by atoms with Gasteiger partial charge in [0, 0.05) is 18.2 Å². The van der Waals surface area contributed by atoms with Crippen LogP contribution < -0.4 is 5.32 Å². The lowest BCUT2D eigenvalue weighted by molar-refractivity contribution is 0.0943. The summed E-state index contributed by atoms with van der Waals surface area (Å²) in [6.45, 7) is 0.640. The number of nitrogens with zero attached hydrogens (tertiary/aromatic N) is 1. The molecule has 1 aromatic heterocycles. The molecule has 0 aliphatic heterocycles. The number of carbonyl (C=O) groups is 1. The van der Waals surface area contributed by atoms with Crippen LogP contribution in [0.3, 0.4) is 0 Å². The highest BCUT2D eigenvalue weighted by molar-refractivity contribution is 6.32. The summed E-state index contributed by atoms with van der Waals surface area (Å²) in [5, 5.41) is 3.31. The minimum Gasteiger partial charge on any atom is -0.351 e. The standard InChI is InChI=1S/C18H19ClN2O/c19-16-15(9-6-12-20-16)17(22)21-13-18(10-4-5-11-18)14-7-2-1-3-8-14/h1-3,6-9,12H,4-5,10-11,13H2,(H,21,22). The van der Waals surface area contributed by atoms with E-state index in [0.717, 1.165) is 12.8 Å². The number of pyridine rings is 1. The third kappa shape index (κ3) is 3.00. The molecular weight excluding hydrogens is 296 g/mol. The average molecular weight is 315 g/mol. The summed E-state index contributed by atoms with van der Waals surface area (Å²) < 4.78 is 0. The first kappa shape index (κ1) is 15.0. The van der Waals surface area contributed by atoms with Gasteiger partial charge >= 0.3 is 0 Å². The van der Waals surface area contributed by atoms with Crippen molar-refractivity contribution in [3.05, 3.63) is 64.9 Å². The number of aromatic nitrogens is 1. The van der Waals surface area contributed by atoms with Crippen LogP contribution in [0.15, 0.2) is 48.7 Å². The van der Waals surface area contributed by atoms with Crippen LogP contribution in [0.5, 0.6) is 0 Å². The number of hydrogen-bond acceptors (Lipinski definition) is 2. The molecule has 2 aromatic rings. The molecule has 0 unspecified atom stereocenters. The molecule has 0 bridgehead atoms. The predicted octanol–water partition coefficient (Wildman–Crippen LogP) is 3.98. The van der Waals surface area contributed by atoms with Crippen molar-refractivity contribution >= 4 is 17.5 Å². The van der Waals surface area contributed by atoms with Gasteiger partial charge in [0.05, 0.1) is 5.56 Å². The molecule has 0 atom stereocenters. The van der Waals surface area contributed by atoms with Crippen molar-refractivity contribution in [2.24, 2.45) is 0 Å². The fourth-order valence-electron chi connectivity index (χ4n) is 3.31. The second kappa shape index (κ2) is 6.49. The van der Waals surface area contributed by atoms with Crippen LogP contribution in [-0.2, 0) is 5.41 Å². The Balaban J connectivity index is 1.76. The van der Waals surface area contributed by atoms with E-state index in [0.29, 0.717) is 12.1 Å². The Morgan fingerprint density at radius 3 is 2.55 bits per heavy atom. The monoisotopic (exact) mass is 314 g/mol. The van der Waals surface area contributed by atoms with Crippen LogP contribution in [0.4, 0.5) is 0 Å². The summed E-state index contributed by atoms with van der Waals surface area (Å²) in [7, 11) is 0. The van der Waals surface area contributed by atoms with Crippen molar-refractivity contribution in [1.82, 2.24) is 10.3 Å². The fraction of sp³-hybridized carbons (Fsp3) is 0.333. The van der Waals surface area contributed by atoms with Gasteiger partial charge in [0.1, 0.15) is 5.15 Å². The number of hydrogen-bond donors (Lipinski definition) is 1. The van der Waals surface area contributed by atoms with Crippen LogP contribution in [0.1, 0.15) is 41.6 Å². The highest BCUT2D eigenvalue weighted by Gasteiger charge is 2.35. The van der Waals surface area contributed by atoms with E-state index in [1.54, 1.807) is 18.3 Å². The second-order valence-electron chi connectivity index (χ2n) is 5.88. The molecule has 1 aliphatic rings. The zero-order valence-electron chi connectivity index (χ0n) is 12.4. The number of halogens is 1. The van der Waals surface area contributed by atoms with Gasteiger partial charge in [-0.3, -0.25) is 4.79 Å². The summed E-state index contributed by atoms with van der Waals surface area (Å²) in [5.41, 5.74) is 1.79. The highest BCUT2D eigenvalue weighted by Crippen LogP contribution is 2.40. The number of carbonyl (C=O) groups excluding carboxylic acids is 1. The van der Waals surface area contributed by atoms with Gasteiger partial charge in [0.25, 0.3) is 5.91 Å². The largest absolute Gasteiger partial charge is 0.351 e. The summed E-state index contributed by atoms with van der Waals surface area (Å²) in [6, 6.07) is 13.9. The Bertz CT molecular complexity index is 651. The lowest BCUT2D eigenvalue weighted by atomic mass is 9.79. The Kier molecular flexibility index (Phi) is 4.44. The molecule has 1 saturated carbocycles. The van der Waals surface area contributed by atoms with E-state index < -0.39 is 0 Å². The molecule has 1 amide bonds. The zero-order chi connectivity index (χ0) is 15.4. The first-order valence-corrected chi connectivity index (χ1v) is 8.03. The van der Waals surface area contributed by atoms with E-state index >= 15 is 0 Å². The highest BCUT2D eigenvalue weighted by atomic mass is 35.5. The van der Waals surface area contributed by atoms with Gasteiger partial charge in [0.2, 0.25) is 0 Å². The number of benzene rings is 1. The number of amides is 1. The summed E-state index contributed by atoms with van der Waals surface area (Å²) >= 11 is 5.99. The van der Waals surface area contributed by atoms with Gasteiger partial charge in [-0.25, -0.2) is 4.98 Å². The van der Waals surface area contributed by atoms with Crippen molar-refractivity contribution in [2.75, 3.05) is 6.54 Å². The van der Waals surface area contributed by atoms with Crippen molar-refractivity contribution in [3.63, 3.8) is 0 Å². The van der Waals surface area contributed by atoms with Crippen molar-refractivity contribution in [2.45, 2.75) is 31.1 Å². The fourth-order valence-corrected chi connectivity index (χ4v) is 3.52. The van der Waals surface area contributed by atoms with Gasteiger partial charge in [-0.2, -0.15) is 0 Å². The van der Waals surface area contributed by atoms with E-state index in [1.807, 2.05) is 6.07 Å². The average Bonchev–Trinajstić information content (AvgIpc) is 3.04. The first-order valence-electron chi connectivity index (χ1n) is 7.66. The maximum Gasteiger partial charge on any atom is 0.254 e. The number of rotatable bonds is 4. The Hall–Kier alpha value is -1.87. The number of nitrogens with one attached hydrogen (secondary N) is 1. The van der Waals surface area contributed by atoms with E-state index in [9.17, 15) is 4.79 Å². The van der Waals surface area contributed by atoms with Gasteiger partial charge < -0.3 is 5.32 Å². The van der Waals surface area contributed by atoms with Gasteiger partial charge in [0.15, 0.2) is 0 Å². The van der Waals surface area contributed by atoms with Gasteiger partial charge in [-0.15, -0.1) is 0 Å². The quantitative estimate of drug-likeness (QED) is 0.867. The molecule has 1 aliphatic carbocycles. The summed E-state index contributed by atoms with van der Waals surface area (Å²) in [5.74, 6) is -0.152. The van der Waals surface area contributed by atoms with E-state index in [2.05, 4.69) is 34.6 Å². The van der Waals surface area contributed by atoms with Crippen molar-refractivity contribution in [3.8, 4) is 0 Å². The molecule has 114 valence electrons. The Labute approximate surface area is 135 Å². The van der Waals surface area contributed by atoms with Gasteiger partial charge in [-0.1, -0.05) is 54.8 Å². The Morgan fingerprint density at radius 1 is 1.14 bits per heavy atom. The molecule has 3 rings (SSSR count). The van der Waals surface area contributed by atoms with Crippen molar-refractivity contribution < 1.29 is 4.79 Å².